The van der Waals surface area contributed by atoms with E-state index in [0.717, 1.165) is 31.6 Å². The minimum Gasteiger partial charge on any atom is -0.381 e. The SMILES string of the molecule is O=C(CCC1CCOC1)c1noc(COCc2ccc3ccccc3c2)c1Br. The third-order valence-corrected chi connectivity index (χ3v) is 5.90. The summed E-state index contributed by atoms with van der Waals surface area (Å²) in [7, 11) is 0. The van der Waals surface area contributed by atoms with Crippen molar-refractivity contribution in [2.45, 2.75) is 32.5 Å². The number of hydrogen-bond donors (Lipinski definition) is 0. The molecule has 0 radical (unpaired) electrons. The molecular formula is C22H22BrNO4. The Hall–Kier alpha value is -2.02. The Labute approximate surface area is 172 Å². The zero-order chi connectivity index (χ0) is 19.3. The standard InChI is InChI=1S/C22H22BrNO4/c23-21-20(28-24-22(21)19(25)8-6-15-9-10-26-12-15)14-27-13-16-5-7-17-3-1-2-4-18(17)11-16/h1-5,7,11,15H,6,8-10,12-14H2. The van der Waals surface area contributed by atoms with Crippen molar-refractivity contribution < 1.29 is 18.8 Å². The second-order valence-electron chi connectivity index (χ2n) is 7.13. The maximum absolute atomic E-state index is 12.4. The van der Waals surface area contributed by atoms with Gasteiger partial charge in [0.25, 0.3) is 0 Å². The lowest BCUT2D eigenvalue weighted by molar-refractivity contribution is 0.0875. The molecule has 1 aliphatic rings. The van der Waals surface area contributed by atoms with Crippen LogP contribution in [0.4, 0.5) is 0 Å². The summed E-state index contributed by atoms with van der Waals surface area (Å²) in [6.45, 7) is 2.26. The average Bonchev–Trinajstić information content (AvgIpc) is 3.36. The van der Waals surface area contributed by atoms with Gasteiger partial charge in [-0.2, -0.15) is 0 Å². The highest BCUT2D eigenvalue weighted by Crippen LogP contribution is 2.26. The van der Waals surface area contributed by atoms with Gasteiger partial charge in [-0.05, 0) is 57.1 Å². The lowest BCUT2D eigenvalue weighted by atomic mass is 10.00. The second-order valence-corrected chi connectivity index (χ2v) is 7.93. The van der Waals surface area contributed by atoms with Crippen molar-refractivity contribution >= 4 is 32.5 Å². The topological polar surface area (TPSA) is 61.6 Å². The summed E-state index contributed by atoms with van der Waals surface area (Å²) in [4.78, 5) is 12.4. The van der Waals surface area contributed by atoms with Crippen molar-refractivity contribution in [1.82, 2.24) is 5.16 Å². The molecule has 0 spiro atoms. The molecule has 5 nitrogen and oxygen atoms in total. The molecule has 0 amide bonds. The van der Waals surface area contributed by atoms with E-state index in [0.29, 0.717) is 34.9 Å². The molecule has 1 aromatic heterocycles. The van der Waals surface area contributed by atoms with Crippen LogP contribution in [-0.2, 0) is 22.7 Å². The number of aromatic nitrogens is 1. The van der Waals surface area contributed by atoms with Crippen LogP contribution in [0, 0.1) is 5.92 Å². The summed E-state index contributed by atoms with van der Waals surface area (Å²) in [6.07, 6.45) is 2.31. The average molecular weight is 444 g/mol. The molecule has 0 saturated carbocycles. The zero-order valence-electron chi connectivity index (χ0n) is 15.5. The number of ketones is 1. The van der Waals surface area contributed by atoms with Gasteiger partial charge in [-0.1, -0.05) is 41.6 Å². The number of rotatable bonds is 8. The van der Waals surface area contributed by atoms with Crippen molar-refractivity contribution in [2.24, 2.45) is 5.92 Å². The summed E-state index contributed by atoms with van der Waals surface area (Å²) in [6, 6.07) is 14.5. The molecule has 146 valence electrons. The Bertz CT molecular complexity index is 962. The van der Waals surface area contributed by atoms with Gasteiger partial charge < -0.3 is 14.0 Å². The fraction of sp³-hybridized carbons (Fsp3) is 0.364. The summed E-state index contributed by atoms with van der Waals surface area (Å²) < 4.78 is 17.1. The Morgan fingerprint density at radius 2 is 2.04 bits per heavy atom. The third kappa shape index (κ3) is 4.51. The van der Waals surface area contributed by atoms with Crippen LogP contribution in [0.1, 0.15) is 41.1 Å². The molecule has 2 aromatic carbocycles. The molecule has 2 heterocycles. The zero-order valence-corrected chi connectivity index (χ0v) is 17.1. The normalized spacial score (nSPS) is 16.7. The van der Waals surface area contributed by atoms with Gasteiger partial charge in [0, 0.05) is 19.6 Å². The van der Waals surface area contributed by atoms with Crippen LogP contribution in [0.25, 0.3) is 10.8 Å². The summed E-state index contributed by atoms with van der Waals surface area (Å²) in [5, 5.41) is 6.34. The number of carbonyl (C=O) groups is 1. The molecule has 1 fully saturated rings. The smallest absolute Gasteiger partial charge is 0.185 e. The highest BCUT2D eigenvalue weighted by molar-refractivity contribution is 9.10. The maximum Gasteiger partial charge on any atom is 0.185 e. The maximum atomic E-state index is 12.4. The first kappa shape index (κ1) is 19.3. The minimum atomic E-state index is -0.0108. The molecule has 1 unspecified atom stereocenters. The van der Waals surface area contributed by atoms with E-state index in [-0.39, 0.29) is 12.4 Å². The van der Waals surface area contributed by atoms with Crippen LogP contribution in [0.15, 0.2) is 51.5 Å². The summed E-state index contributed by atoms with van der Waals surface area (Å²) in [5.74, 6) is 0.996. The van der Waals surface area contributed by atoms with E-state index in [4.69, 9.17) is 14.0 Å². The van der Waals surface area contributed by atoms with E-state index in [9.17, 15) is 4.79 Å². The lowest BCUT2D eigenvalue weighted by Crippen LogP contribution is -2.06. The van der Waals surface area contributed by atoms with Crippen molar-refractivity contribution in [3.05, 3.63) is 64.0 Å². The predicted octanol–water partition coefficient (Wildman–Crippen LogP) is 5.31. The summed E-state index contributed by atoms with van der Waals surface area (Å²) >= 11 is 3.44. The summed E-state index contributed by atoms with van der Waals surface area (Å²) in [5.41, 5.74) is 1.44. The highest BCUT2D eigenvalue weighted by atomic mass is 79.9. The third-order valence-electron chi connectivity index (χ3n) is 5.08. The number of nitrogens with zero attached hydrogens (tertiary/aromatic N) is 1. The minimum absolute atomic E-state index is 0.0108. The first-order chi connectivity index (χ1) is 13.7. The Morgan fingerprint density at radius 1 is 1.18 bits per heavy atom. The lowest BCUT2D eigenvalue weighted by Gasteiger charge is -2.05. The van der Waals surface area contributed by atoms with E-state index >= 15 is 0 Å². The van der Waals surface area contributed by atoms with Crippen LogP contribution in [0.5, 0.6) is 0 Å². The Morgan fingerprint density at radius 3 is 2.86 bits per heavy atom. The molecule has 1 atom stereocenters. The Balaban J connectivity index is 1.31. The van der Waals surface area contributed by atoms with Gasteiger partial charge in [0.15, 0.2) is 17.2 Å². The van der Waals surface area contributed by atoms with Crippen LogP contribution in [-0.4, -0.2) is 24.2 Å². The van der Waals surface area contributed by atoms with Crippen LogP contribution < -0.4 is 0 Å². The van der Waals surface area contributed by atoms with Gasteiger partial charge >= 0.3 is 0 Å². The van der Waals surface area contributed by atoms with E-state index in [1.807, 2.05) is 12.1 Å². The number of hydrogen-bond acceptors (Lipinski definition) is 5. The first-order valence-electron chi connectivity index (χ1n) is 9.51. The fourth-order valence-corrected chi connectivity index (χ4v) is 3.91. The first-order valence-corrected chi connectivity index (χ1v) is 10.3. The van der Waals surface area contributed by atoms with Crippen LogP contribution in [0.2, 0.25) is 0 Å². The highest BCUT2D eigenvalue weighted by Gasteiger charge is 2.22. The van der Waals surface area contributed by atoms with Crippen molar-refractivity contribution in [1.29, 1.82) is 0 Å². The van der Waals surface area contributed by atoms with Crippen LogP contribution >= 0.6 is 15.9 Å². The van der Waals surface area contributed by atoms with Gasteiger partial charge in [0.2, 0.25) is 0 Å². The van der Waals surface area contributed by atoms with E-state index in [1.54, 1.807) is 0 Å². The quantitative estimate of drug-likeness (QED) is 0.441. The second kappa shape index (κ2) is 8.99. The van der Waals surface area contributed by atoms with Crippen molar-refractivity contribution in [3.63, 3.8) is 0 Å². The molecule has 1 saturated heterocycles. The number of ether oxygens (including phenoxy) is 2. The number of carbonyl (C=O) groups excluding carboxylic acids is 1. The van der Waals surface area contributed by atoms with Crippen molar-refractivity contribution in [3.8, 4) is 0 Å². The van der Waals surface area contributed by atoms with Crippen molar-refractivity contribution in [2.75, 3.05) is 13.2 Å². The van der Waals surface area contributed by atoms with E-state index < -0.39 is 0 Å². The number of fused-ring (bicyclic) bond motifs is 1. The van der Waals surface area contributed by atoms with Gasteiger partial charge in [-0.3, -0.25) is 4.79 Å². The molecule has 3 aromatic rings. The van der Waals surface area contributed by atoms with E-state index in [2.05, 4.69) is 51.4 Å². The molecule has 4 rings (SSSR count). The monoisotopic (exact) mass is 443 g/mol. The predicted molar refractivity (Wildman–Crippen MR) is 109 cm³/mol. The van der Waals surface area contributed by atoms with E-state index in [1.165, 1.54) is 10.8 Å². The van der Waals surface area contributed by atoms with Gasteiger partial charge in [0.05, 0.1) is 11.1 Å². The molecule has 28 heavy (non-hydrogen) atoms. The Kier molecular flexibility index (Phi) is 6.20. The number of Topliss-reactive ketones (excluding diaryl/α,β-unsaturated/α-hetero) is 1. The molecule has 1 aliphatic heterocycles. The van der Waals surface area contributed by atoms with Gasteiger partial charge in [0.1, 0.15) is 6.61 Å². The van der Waals surface area contributed by atoms with Crippen LogP contribution in [0.3, 0.4) is 0 Å². The molecule has 0 N–H and O–H groups in total. The molecule has 0 bridgehead atoms. The van der Waals surface area contributed by atoms with Gasteiger partial charge in [-0.15, -0.1) is 0 Å². The number of halogens is 1. The molecule has 6 heteroatoms. The fourth-order valence-electron chi connectivity index (χ4n) is 3.43. The molecular weight excluding hydrogens is 422 g/mol. The number of benzene rings is 2. The molecule has 0 aliphatic carbocycles. The van der Waals surface area contributed by atoms with Gasteiger partial charge in [-0.25, -0.2) is 0 Å². The largest absolute Gasteiger partial charge is 0.381 e.